The first kappa shape index (κ1) is 18.2. The Morgan fingerprint density at radius 1 is 1.42 bits per heavy atom. The van der Waals surface area contributed by atoms with Crippen molar-refractivity contribution in [1.29, 1.82) is 0 Å². The highest BCUT2D eigenvalue weighted by atomic mass is 19.1. The molecule has 0 radical (unpaired) electrons. The van der Waals surface area contributed by atoms with Crippen LogP contribution in [0.2, 0.25) is 0 Å². The molecule has 1 amide bonds. The summed E-state index contributed by atoms with van der Waals surface area (Å²) in [6.45, 7) is 0.971. The Hall–Kier alpha value is -2.15. The minimum atomic E-state index is -1.01. The average molecular weight is 339 g/mol. The number of carboxylic acid groups (broad SMARTS) is 1. The largest absolute Gasteiger partial charge is 0.493 e. The number of methoxy groups -OCH3 is 1. The van der Waals surface area contributed by atoms with E-state index in [4.69, 9.17) is 9.47 Å². The summed E-state index contributed by atoms with van der Waals surface area (Å²) in [6, 6.07) is 5.82. The first-order valence-electron chi connectivity index (χ1n) is 7.85. The van der Waals surface area contributed by atoms with Gasteiger partial charge in [0.1, 0.15) is 17.0 Å². The predicted molar refractivity (Wildman–Crippen MR) is 84.3 cm³/mol. The van der Waals surface area contributed by atoms with Gasteiger partial charge in [-0.15, -0.1) is 0 Å². The number of carbonyl (C=O) groups excluding carboxylic acids is 1. The van der Waals surface area contributed by atoms with Crippen LogP contribution in [-0.4, -0.2) is 55.3 Å². The number of aliphatic carboxylic acids is 1. The smallest absolute Gasteiger partial charge is 0.313 e. The summed E-state index contributed by atoms with van der Waals surface area (Å²) in [5.41, 5.74) is -1.01. The molecule has 1 fully saturated rings. The molecular weight excluding hydrogens is 317 g/mol. The number of hydrogen-bond donors (Lipinski definition) is 1. The van der Waals surface area contributed by atoms with Crippen molar-refractivity contribution in [3.05, 3.63) is 30.1 Å². The molecule has 0 aromatic heterocycles. The van der Waals surface area contributed by atoms with Crippen molar-refractivity contribution in [2.45, 2.75) is 19.3 Å². The molecule has 1 aromatic carbocycles. The number of hydrogen-bond acceptors (Lipinski definition) is 4. The maximum atomic E-state index is 13.0. The summed E-state index contributed by atoms with van der Waals surface area (Å²) >= 11 is 0. The number of ether oxygens (including phenoxy) is 2. The van der Waals surface area contributed by atoms with Gasteiger partial charge in [-0.2, -0.15) is 0 Å². The molecule has 1 heterocycles. The van der Waals surface area contributed by atoms with Gasteiger partial charge in [-0.25, -0.2) is 4.39 Å². The molecule has 1 N–H and O–H groups in total. The van der Waals surface area contributed by atoms with E-state index in [0.29, 0.717) is 31.7 Å². The van der Waals surface area contributed by atoms with E-state index in [1.165, 1.54) is 19.2 Å². The highest BCUT2D eigenvalue weighted by Crippen LogP contribution is 2.31. The predicted octanol–water partition coefficient (Wildman–Crippen LogP) is 1.93. The summed E-state index contributed by atoms with van der Waals surface area (Å²) in [5, 5.41) is 9.39. The van der Waals surface area contributed by atoms with Gasteiger partial charge in [0.25, 0.3) is 0 Å². The van der Waals surface area contributed by atoms with Crippen LogP contribution in [0.15, 0.2) is 24.3 Å². The third-order valence-electron chi connectivity index (χ3n) is 4.18. The van der Waals surface area contributed by atoms with Gasteiger partial charge in [0.2, 0.25) is 5.91 Å². The van der Waals surface area contributed by atoms with E-state index in [1.807, 2.05) is 0 Å². The van der Waals surface area contributed by atoms with Crippen molar-refractivity contribution < 1.29 is 28.6 Å². The number of carboxylic acids is 1. The van der Waals surface area contributed by atoms with Crippen molar-refractivity contribution in [3.8, 4) is 5.75 Å². The monoisotopic (exact) mass is 339 g/mol. The van der Waals surface area contributed by atoms with Gasteiger partial charge in [0.05, 0.1) is 13.2 Å². The van der Waals surface area contributed by atoms with Crippen LogP contribution in [0, 0.1) is 11.2 Å². The fraction of sp³-hybridized carbons (Fsp3) is 0.529. The number of amides is 1. The van der Waals surface area contributed by atoms with Crippen molar-refractivity contribution in [2.75, 3.05) is 33.4 Å². The number of carbonyl (C=O) groups is 2. The highest BCUT2D eigenvalue weighted by Gasteiger charge is 2.46. The zero-order valence-corrected chi connectivity index (χ0v) is 13.7. The van der Waals surface area contributed by atoms with Crippen LogP contribution in [0.25, 0.3) is 0 Å². The average Bonchev–Trinajstić information content (AvgIpc) is 2.98. The number of benzene rings is 1. The zero-order valence-electron chi connectivity index (χ0n) is 13.7. The molecule has 2 rings (SSSR count). The summed E-state index contributed by atoms with van der Waals surface area (Å²) in [7, 11) is 1.46. The lowest BCUT2D eigenvalue weighted by Gasteiger charge is -2.23. The van der Waals surface area contributed by atoms with E-state index in [1.54, 1.807) is 17.0 Å². The van der Waals surface area contributed by atoms with Gasteiger partial charge < -0.3 is 19.5 Å². The second-order valence-electron chi connectivity index (χ2n) is 5.99. The van der Waals surface area contributed by atoms with Crippen LogP contribution in [0.5, 0.6) is 5.75 Å². The molecular formula is C17H22FNO5. The second kappa shape index (κ2) is 8.10. The molecule has 0 saturated carbocycles. The highest BCUT2D eigenvalue weighted by molar-refractivity contribution is 5.80. The summed E-state index contributed by atoms with van der Waals surface area (Å²) in [4.78, 5) is 25.2. The van der Waals surface area contributed by atoms with Crippen molar-refractivity contribution in [2.24, 2.45) is 5.41 Å². The molecule has 1 aliphatic heterocycles. The molecule has 0 aliphatic carbocycles. The van der Waals surface area contributed by atoms with Crippen LogP contribution < -0.4 is 4.74 Å². The molecule has 1 aromatic rings. The number of halogens is 1. The molecule has 1 atom stereocenters. The summed E-state index contributed by atoms with van der Waals surface area (Å²) < 4.78 is 23.4. The van der Waals surface area contributed by atoms with Crippen LogP contribution in [0.4, 0.5) is 4.39 Å². The van der Waals surface area contributed by atoms with E-state index < -0.39 is 11.4 Å². The van der Waals surface area contributed by atoms with Crippen LogP contribution >= 0.6 is 0 Å². The van der Waals surface area contributed by atoms with Crippen molar-refractivity contribution >= 4 is 11.9 Å². The Labute approximate surface area is 140 Å². The lowest BCUT2D eigenvalue weighted by Crippen LogP contribution is -2.40. The summed E-state index contributed by atoms with van der Waals surface area (Å²) in [6.07, 6.45) is 1.13. The van der Waals surface area contributed by atoms with Gasteiger partial charge in [-0.05, 0) is 25.0 Å². The van der Waals surface area contributed by atoms with Crippen molar-refractivity contribution in [1.82, 2.24) is 4.90 Å². The molecule has 132 valence electrons. The summed E-state index contributed by atoms with van der Waals surface area (Å²) in [5.74, 6) is -0.983. The molecule has 24 heavy (non-hydrogen) atoms. The van der Waals surface area contributed by atoms with E-state index in [-0.39, 0.29) is 31.3 Å². The molecule has 0 bridgehead atoms. The Kier molecular flexibility index (Phi) is 6.14. The van der Waals surface area contributed by atoms with E-state index in [9.17, 15) is 19.1 Å². The fourth-order valence-electron chi connectivity index (χ4n) is 2.84. The molecule has 7 heteroatoms. The van der Waals surface area contributed by atoms with Crippen LogP contribution in [0.1, 0.15) is 19.3 Å². The Morgan fingerprint density at radius 2 is 2.21 bits per heavy atom. The number of nitrogens with zero attached hydrogens (tertiary/aromatic N) is 1. The quantitative estimate of drug-likeness (QED) is 0.733. The van der Waals surface area contributed by atoms with E-state index in [0.717, 1.165) is 0 Å². The lowest BCUT2D eigenvalue weighted by molar-refractivity contribution is -0.151. The first-order valence-corrected chi connectivity index (χ1v) is 7.85. The lowest BCUT2D eigenvalue weighted by atomic mass is 9.88. The first-order chi connectivity index (χ1) is 11.5. The molecule has 1 aliphatic rings. The normalized spacial score (nSPS) is 20.2. The van der Waals surface area contributed by atoms with Gasteiger partial charge in [-0.1, -0.05) is 6.07 Å². The fourth-order valence-corrected chi connectivity index (χ4v) is 2.84. The van der Waals surface area contributed by atoms with E-state index in [2.05, 4.69) is 0 Å². The minimum absolute atomic E-state index is 0.0921. The maximum Gasteiger partial charge on any atom is 0.313 e. The standard InChI is InChI=1S/C17H22FNO5/c1-23-12-17(16(21)22)7-8-19(11-17)15(20)6-3-9-24-14-5-2-4-13(18)10-14/h2,4-5,10H,3,6-9,11-12H2,1H3,(H,21,22). The molecule has 6 nitrogen and oxygen atoms in total. The van der Waals surface area contributed by atoms with Gasteiger partial charge in [0, 0.05) is 32.7 Å². The van der Waals surface area contributed by atoms with Gasteiger partial charge in [-0.3, -0.25) is 9.59 Å². The minimum Gasteiger partial charge on any atom is -0.493 e. The number of rotatable bonds is 8. The van der Waals surface area contributed by atoms with Crippen LogP contribution in [-0.2, 0) is 14.3 Å². The maximum absolute atomic E-state index is 13.0. The molecule has 1 unspecified atom stereocenters. The van der Waals surface area contributed by atoms with Crippen molar-refractivity contribution in [3.63, 3.8) is 0 Å². The second-order valence-corrected chi connectivity index (χ2v) is 5.99. The third-order valence-corrected chi connectivity index (χ3v) is 4.18. The van der Waals surface area contributed by atoms with Crippen LogP contribution in [0.3, 0.4) is 0 Å². The Morgan fingerprint density at radius 3 is 2.88 bits per heavy atom. The Bertz CT molecular complexity index is 594. The number of likely N-dealkylation sites (tertiary alicyclic amines) is 1. The molecule has 0 spiro atoms. The molecule has 1 saturated heterocycles. The third kappa shape index (κ3) is 4.44. The zero-order chi connectivity index (χ0) is 17.6. The van der Waals surface area contributed by atoms with Gasteiger partial charge >= 0.3 is 5.97 Å². The van der Waals surface area contributed by atoms with E-state index >= 15 is 0 Å². The topological polar surface area (TPSA) is 76.1 Å². The SMILES string of the molecule is COCC1(C(=O)O)CCN(C(=O)CCCOc2cccc(F)c2)C1. The Balaban J connectivity index is 1.76. The van der Waals surface area contributed by atoms with Gasteiger partial charge in [0.15, 0.2) is 0 Å².